The molecular weight excluding hydrogens is 715 g/mol. The summed E-state index contributed by atoms with van der Waals surface area (Å²) in [6.07, 6.45) is 0. The molecule has 0 saturated heterocycles. The minimum atomic E-state index is -0.159. The summed E-state index contributed by atoms with van der Waals surface area (Å²) >= 11 is 0. The zero-order chi connectivity index (χ0) is 40.8. The zero-order valence-corrected chi connectivity index (χ0v) is 35.4. The molecule has 1 aromatic heterocycles. The lowest BCUT2D eigenvalue weighted by Gasteiger charge is -2.31. The van der Waals surface area contributed by atoms with Crippen LogP contribution in [-0.4, -0.2) is 0 Å². The first kappa shape index (κ1) is 36.9. The minimum absolute atomic E-state index is 0.0319. The molecule has 9 aromatic rings. The molecule has 0 bridgehead atoms. The van der Waals surface area contributed by atoms with E-state index in [1.54, 1.807) is 0 Å². The largest absolute Gasteiger partial charge is 0.456 e. The van der Waals surface area contributed by atoms with Crippen molar-refractivity contribution in [1.29, 1.82) is 0 Å². The predicted octanol–water partition coefficient (Wildman–Crippen LogP) is 16.4. The van der Waals surface area contributed by atoms with Gasteiger partial charge in [0, 0.05) is 32.8 Å². The first-order valence-corrected chi connectivity index (χ1v) is 21.0. The SMILES string of the molecule is CC(C)(C)c1cc(C(C)(C)C)c2c(c1)C(C)(C)c1cccc(-c3ccccc3N(c3ccc(-c4ccc5oc6ccccc6c5c4)cc3)c3cccc4ccccc34)c1-2. The molecule has 0 unspecified atom stereocenters. The van der Waals surface area contributed by atoms with Gasteiger partial charge in [0.15, 0.2) is 0 Å². The van der Waals surface area contributed by atoms with E-state index in [0.717, 1.165) is 50.1 Å². The summed E-state index contributed by atoms with van der Waals surface area (Å²) in [6.45, 7) is 19.0. The van der Waals surface area contributed by atoms with Gasteiger partial charge in [0.1, 0.15) is 11.2 Å². The molecule has 0 spiro atoms. The summed E-state index contributed by atoms with van der Waals surface area (Å²) in [5.41, 5.74) is 18.2. The standard InChI is InChI=1S/C57H51NO/c1-55(2,3)39-34-47(56(4,5)6)54-48(35-39)57(7,8)46-23-16-22-44(53(46)54)42-20-11-13-24-50(42)58(49-25-15-18-37-17-9-10-19-41(37)49)40-30-27-36(28-31-40)38-29-32-52-45(33-38)43-21-12-14-26-51(43)59-52/h9-35H,1-8H3. The Kier molecular flexibility index (Phi) is 8.34. The van der Waals surface area contributed by atoms with Gasteiger partial charge in [0.2, 0.25) is 0 Å². The van der Waals surface area contributed by atoms with Gasteiger partial charge in [0.25, 0.3) is 0 Å². The minimum Gasteiger partial charge on any atom is -0.456 e. The number of fused-ring (bicyclic) bond motifs is 7. The van der Waals surface area contributed by atoms with Crippen molar-refractivity contribution in [1.82, 2.24) is 0 Å². The molecule has 2 nitrogen and oxygen atoms in total. The number of rotatable bonds is 5. The Morgan fingerprint density at radius 1 is 0.458 bits per heavy atom. The van der Waals surface area contributed by atoms with Crippen LogP contribution in [-0.2, 0) is 16.2 Å². The third-order valence-electron chi connectivity index (χ3n) is 12.8. The summed E-state index contributed by atoms with van der Waals surface area (Å²) in [6, 6.07) is 60.4. The quantitative estimate of drug-likeness (QED) is 0.173. The molecule has 0 fully saturated rings. The van der Waals surface area contributed by atoms with Crippen LogP contribution in [0.2, 0.25) is 0 Å². The fraction of sp³-hybridized carbons (Fsp3) is 0.193. The van der Waals surface area contributed by atoms with Gasteiger partial charge in [-0.3, -0.25) is 0 Å². The molecule has 290 valence electrons. The smallest absolute Gasteiger partial charge is 0.135 e. The summed E-state index contributed by atoms with van der Waals surface area (Å²) in [7, 11) is 0. The van der Waals surface area contributed by atoms with Gasteiger partial charge in [0.05, 0.1) is 11.4 Å². The Balaban J connectivity index is 1.18. The number of anilines is 3. The van der Waals surface area contributed by atoms with E-state index in [4.69, 9.17) is 4.42 Å². The van der Waals surface area contributed by atoms with Crippen molar-refractivity contribution in [2.24, 2.45) is 0 Å². The Morgan fingerprint density at radius 3 is 1.86 bits per heavy atom. The third-order valence-corrected chi connectivity index (χ3v) is 12.8. The van der Waals surface area contributed by atoms with E-state index >= 15 is 0 Å². The maximum atomic E-state index is 6.17. The number of para-hydroxylation sites is 2. The molecular formula is C57H51NO. The Bertz CT molecular complexity index is 3080. The maximum Gasteiger partial charge on any atom is 0.135 e. The van der Waals surface area contributed by atoms with Gasteiger partial charge >= 0.3 is 0 Å². The van der Waals surface area contributed by atoms with Gasteiger partial charge in [-0.15, -0.1) is 0 Å². The van der Waals surface area contributed by atoms with E-state index in [0.29, 0.717) is 0 Å². The van der Waals surface area contributed by atoms with Crippen molar-refractivity contribution in [3.63, 3.8) is 0 Å². The molecule has 0 saturated carbocycles. The van der Waals surface area contributed by atoms with E-state index in [2.05, 4.69) is 212 Å². The summed E-state index contributed by atoms with van der Waals surface area (Å²) in [5, 5.41) is 4.70. The van der Waals surface area contributed by atoms with E-state index in [-0.39, 0.29) is 16.2 Å². The van der Waals surface area contributed by atoms with Crippen LogP contribution >= 0.6 is 0 Å². The van der Waals surface area contributed by atoms with Crippen LogP contribution in [0.1, 0.15) is 77.6 Å². The van der Waals surface area contributed by atoms with Crippen molar-refractivity contribution in [3.05, 3.63) is 186 Å². The summed E-state index contributed by atoms with van der Waals surface area (Å²) in [5.74, 6) is 0. The lowest BCUT2D eigenvalue weighted by atomic mass is 9.74. The second kappa shape index (κ2) is 13.3. The topological polar surface area (TPSA) is 16.4 Å². The van der Waals surface area contributed by atoms with E-state index in [9.17, 15) is 0 Å². The van der Waals surface area contributed by atoms with Gasteiger partial charge in [-0.05, 0) is 109 Å². The molecule has 1 heterocycles. The van der Waals surface area contributed by atoms with E-state index < -0.39 is 0 Å². The van der Waals surface area contributed by atoms with Crippen LogP contribution in [0.3, 0.4) is 0 Å². The molecule has 2 heteroatoms. The number of nitrogens with zero attached hydrogens (tertiary/aromatic N) is 1. The van der Waals surface area contributed by atoms with Crippen LogP contribution in [0.15, 0.2) is 168 Å². The monoisotopic (exact) mass is 765 g/mol. The average Bonchev–Trinajstić information content (AvgIpc) is 3.72. The normalized spacial score (nSPS) is 13.6. The fourth-order valence-corrected chi connectivity index (χ4v) is 9.56. The molecule has 0 amide bonds. The highest BCUT2D eigenvalue weighted by atomic mass is 16.3. The third kappa shape index (κ3) is 5.99. The van der Waals surface area contributed by atoms with Gasteiger partial charge < -0.3 is 9.32 Å². The molecule has 10 rings (SSSR count). The highest BCUT2D eigenvalue weighted by Crippen LogP contribution is 2.57. The molecule has 0 radical (unpaired) electrons. The second-order valence-corrected chi connectivity index (χ2v) is 19.0. The van der Waals surface area contributed by atoms with Gasteiger partial charge in [-0.1, -0.05) is 177 Å². The fourth-order valence-electron chi connectivity index (χ4n) is 9.56. The first-order chi connectivity index (χ1) is 28.3. The van der Waals surface area contributed by atoms with Crippen molar-refractivity contribution < 1.29 is 4.42 Å². The highest BCUT2D eigenvalue weighted by molar-refractivity contribution is 6.07. The van der Waals surface area contributed by atoms with Crippen molar-refractivity contribution in [3.8, 4) is 33.4 Å². The molecule has 1 aliphatic carbocycles. The molecule has 59 heavy (non-hydrogen) atoms. The zero-order valence-electron chi connectivity index (χ0n) is 35.4. The molecule has 0 N–H and O–H groups in total. The highest BCUT2D eigenvalue weighted by Gasteiger charge is 2.41. The Hall–Kier alpha value is -6.38. The molecule has 0 aliphatic heterocycles. The van der Waals surface area contributed by atoms with E-state index in [1.165, 1.54) is 55.3 Å². The second-order valence-electron chi connectivity index (χ2n) is 19.0. The molecule has 0 atom stereocenters. The van der Waals surface area contributed by atoms with Crippen LogP contribution in [0, 0.1) is 0 Å². The van der Waals surface area contributed by atoms with Crippen LogP contribution in [0.4, 0.5) is 17.1 Å². The molecule has 8 aromatic carbocycles. The number of benzene rings is 8. The Labute approximate surface area is 348 Å². The summed E-state index contributed by atoms with van der Waals surface area (Å²) < 4.78 is 6.17. The summed E-state index contributed by atoms with van der Waals surface area (Å²) in [4.78, 5) is 2.47. The lowest BCUT2D eigenvalue weighted by molar-refractivity contribution is 0.564. The van der Waals surface area contributed by atoms with Crippen LogP contribution in [0.25, 0.3) is 66.1 Å². The van der Waals surface area contributed by atoms with Crippen molar-refractivity contribution in [2.45, 2.75) is 71.6 Å². The predicted molar refractivity (Wildman–Crippen MR) is 252 cm³/mol. The lowest BCUT2D eigenvalue weighted by Crippen LogP contribution is -2.21. The van der Waals surface area contributed by atoms with Crippen LogP contribution < -0.4 is 4.90 Å². The van der Waals surface area contributed by atoms with Crippen LogP contribution in [0.5, 0.6) is 0 Å². The number of hydrogen-bond donors (Lipinski definition) is 0. The van der Waals surface area contributed by atoms with E-state index in [1.807, 2.05) is 12.1 Å². The van der Waals surface area contributed by atoms with Gasteiger partial charge in [-0.25, -0.2) is 0 Å². The van der Waals surface area contributed by atoms with Gasteiger partial charge in [-0.2, -0.15) is 0 Å². The molecule has 1 aliphatic rings. The number of hydrogen-bond acceptors (Lipinski definition) is 2. The maximum absolute atomic E-state index is 6.17. The van der Waals surface area contributed by atoms with Crippen molar-refractivity contribution in [2.75, 3.05) is 4.90 Å². The Morgan fingerprint density at radius 2 is 1.08 bits per heavy atom. The first-order valence-electron chi connectivity index (χ1n) is 21.0. The average molecular weight is 766 g/mol. The van der Waals surface area contributed by atoms with Crippen molar-refractivity contribution >= 4 is 49.8 Å². The number of furan rings is 1.